The highest BCUT2D eigenvalue weighted by molar-refractivity contribution is 5.70. The molecule has 6 heteroatoms. The topological polar surface area (TPSA) is 63.0 Å². The van der Waals surface area contributed by atoms with Gasteiger partial charge in [-0.3, -0.25) is 0 Å². The van der Waals surface area contributed by atoms with Crippen LogP contribution in [0.4, 0.5) is 0 Å². The van der Waals surface area contributed by atoms with Crippen LogP contribution in [0.5, 0.6) is 17.4 Å². The third-order valence-electron chi connectivity index (χ3n) is 5.85. The Balaban J connectivity index is 1.31. The average Bonchev–Trinajstić information content (AvgIpc) is 3.51. The molecule has 0 saturated heterocycles. The Labute approximate surface area is 192 Å². The summed E-state index contributed by atoms with van der Waals surface area (Å²) in [4.78, 5) is 0. The zero-order chi connectivity index (χ0) is 22.6. The lowest BCUT2D eigenvalue weighted by atomic mass is 9.96. The van der Waals surface area contributed by atoms with Crippen LogP contribution in [0.15, 0.2) is 77.3 Å². The highest BCUT2D eigenvalue weighted by Crippen LogP contribution is 2.40. The first kappa shape index (κ1) is 21.1. The average molecular weight is 443 g/mol. The smallest absolute Gasteiger partial charge is 0.256 e. The molecule has 1 aliphatic carbocycles. The van der Waals surface area contributed by atoms with Crippen LogP contribution in [0.2, 0.25) is 0 Å². The van der Waals surface area contributed by atoms with Crippen LogP contribution in [-0.2, 0) is 11.2 Å². The maximum atomic E-state index is 6.37. The van der Waals surface area contributed by atoms with Gasteiger partial charge in [0, 0.05) is 18.7 Å². The summed E-state index contributed by atoms with van der Waals surface area (Å²) in [6.45, 7) is 0.127. The molecule has 0 saturated carbocycles. The first-order valence-electron chi connectivity index (χ1n) is 10.9. The van der Waals surface area contributed by atoms with Crippen molar-refractivity contribution in [1.29, 1.82) is 0 Å². The van der Waals surface area contributed by atoms with Gasteiger partial charge in [0.05, 0.1) is 7.11 Å². The monoisotopic (exact) mass is 443 g/mol. The van der Waals surface area contributed by atoms with E-state index in [1.807, 2.05) is 36.4 Å². The molecule has 6 nitrogen and oxygen atoms in total. The second kappa shape index (κ2) is 9.38. The molecule has 3 aromatic carbocycles. The molecule has 33 heavy (non-hydrogen) atoms. The second-order valence-corrected chi connectivity index (χ2v) is 7.85. The highest BCUT2D eigenvalue weighted by atomic mass is 16.7. The predicted octanol–water partition coefficient (Wildman–Crippen LogP) is 6.07. The first-order chi connectivity index (χ1) is 16.2. The molecule has 0 N–H and O–H groups in total. The molecular formula is C27H25NO5. The number of ether oxygens (including phenoxy) is 4. The zero-order valence-electron chi connectivity index (χ0n) is 18.6. The van der Waals surface area contributed by atoms with E-state index in [1.165, 1.54) is 22.3 Å². The van der Waals surface area contributed by atoms with E-state index >= 15 is 0 Å². The molecule has 0 spiro atoms. The van der Waals surface area contributed by atoms with Crippen LogP contribution in [0.1, 0.15) is 23.7 Å². The fourth-order valence-corrected chi connectivity index (χ4v) is 4.22. The minimum absolute atomic E-state index is 0.0309. The van der Waals surface area contributed by atoms with Gasteiger partial charge in [0.2, 0.25) is 0 Å². The fourth-order valence-electron chi connectivity index (χ4n) is 4.22. The molecule has 0 aliphatic heterocycles. The molecular weight excluding hydrogens is 418 g/mol. The van der Waals surface area contributed by atoms with Gasteiger partial charge < -0.3 is 23.5 Å². The quantitative estimate of drug-likeness (QED) is 0.308. The SMILES string of the molecule is COCOc1cc(-c2ccc(OC3CCc4c(-c5ccc(OC)cc5)cccc43)cc2)on1. The Morgan fingerprint density at radius 2 is 1.67 bits per heavy atom. The summed E-state index contributed by atoms with van der Waals surface area (Å²) in [5.41, 5.74) is 5.96. The Morgan fingerprint density at radius 3 is 2.42 bits per heavy atom. The molecule has 0 radical (unpaired) electrons. The number of hydrogen-bond acceptors (Lipinski definition) is 6. The molecule has 5 rings (SSSR count). The lowest BCUT2D eigenvalue weighted by Crippen LogP contribution is -2.03. The lowest BCUT2D eigenvalue weighted by molar-refractivity contribution is 0.0453. The number of rotatable bonds is 8. The van der Waals surface area contributed by atoms with E-state index in [0.717, 1.165) is 29.9 Å². The third kappa shape index (κ3) is 4.43. The van der Waals surface area contributed by atoms with E-state index in [-0.39, 0.29) is 12.9 Å². The number of aromatic nitrogens is 1. The number of fused-ring (bicyclic) bond motifs is 1. The fraction of sp³-hybridized carbons (Fsp3) is 0.222. The van der Waals surface area contributed by atoms with Crippen molar-refractivity contribution in [1.82, 2.24) is 5.16 Å². The lowest BCUT2D eigenvalue weighted by Gasteiger charge is -2.16. The molecule has 4 aromatic rings. The Morgan fingerprint density at radius 1 is 0.909 bits per heavy atom. The molecule has 0 fully saturated rings. The van der Waals surface area contributed by atoms with Crippen molar-refractivity contribution in [3.8, 4) is 39.8 Å². The van der Waals surface area contributed by atoms with Crippen LogP contribution in [0.3, 0.4) is 0 Å². The molecule has 1 unspecified atom stereocenters. The van der Waals surface area contributed by atoms with Gasteiger partial charge in [-0.15, -0.1) is 0 Å². The zero-order valence-corrected chi connectivity index (χ0v) is 18.6. The maximum Gasteiger partial charge on any atom is 0.256 e. The Bertz CT molecular complexity index is 1210. The van der Waals surface area contributed by atoms with Crippen molar-refractivity contribution < 1.29 is 23.5 Å². The van der Waals surface area contributed by atoms with E-state index in [9.17, 15) is 0 Å². The van der Waals surface area contributed by atoms with Gasteiger partial charge in [0.1, 0.15) is 17.6 Å². The van der Waals surface area contributed by atoms with Crippen LogP contribution >= 0.6 is 0 Å². The number of nitrogens with zero attached hydrogens (tertiary/aromatic N) is 1. The van der Waals surface area contributed by atoms with E-state index < -0.39 is 0 Å². The molecule has 0 amide bonds. The Kier molecular flexibility index (Phi) is 6.00. The van der Waals surface area contributed by atoms with Crippen molar-refractivity contribution in [2.24, 2.45) is 0 Å². The van der Waals surface area contributed by atoms with Crippen molar-refractivity contribution in [2.45, 2.75) is 18.9 Å². The standard InChI is InChI=1S/C27H25NO5/c1-29-17-31-27-16-26(33-28-27)19-8-12-21(13-9-19)32-25-15-14-23-22(4-3-5-24(23)25)18-6-10-20(30-2)11-7-18/h3-13,16,25H,14-15,17H2,1-2H3. The van der Waals surface area contributed by atoms with Crippen molar-refractivity contribution in [3.05, 3.63) is 83.9 Å². The van der Waals surface area contributed by atoms with E-state index in [1.54, 1.807) is 20.3 Å². The van der Waals surface area contributed by atoms with Crippen molar-refractivity contribution >= 4 is 0 Å². The predicted molar refractivity (Wildman–Crippen MR) is 125 cm³/mol. The van der Waals surface area contributed by atoms with Crippen LogP contribution < -0.4 is 14.2 Å². The van der Waals surface area contributed by atoms with E-state index in [2.05, 4.69) is 35.5 Å². The van der Waals surface area contributed by atoms with Gasteiger partial charge in [-0.05, 0) is 76.7 Å². The van der Waals surface area contributed by atoms with Gasteiger partial charge in [0.25, 0.3) is 5.88 Å². The van der Waals surface area contributed by atoms with Gasteiger partial charge in [-0.2, -0.15) is 0 Å². The van der Waals surface area contributed by atoms with Crippen LogP contribution in [-0.4, -0.2) is 26.2 Å². The summed E-state index contributed by atoms with van der Waals surface area (Å²) in [5, 5.41) is 3.89. The van der Waals surface area contributed by atoms with Crippen LogP contribution in [0, 0.1) is 0 Å². The minimum atomic E-state index is 0.0309. The summed E-state index contributed by atoms with van der Waals surface area (Å²) in [6.07, 6.45) is 1.97. The van der Waals surface area contributed by atoms with Gasteiger partial charge in [0.15, 0.2) is 12.6 Å². The van der Waals surface area contributed by atoms with Gasteiger partial charge >= 0.3 is 0 Å². The highest BCUT2D eigenvalue weighted by Gasteiger charge is 2.26. The van der Waals surface area contributed by atoms with E-state index in [4.69, 9.17) is 23.5 Å². The number of benzene rings is 3. The van der Waals surface area contributed by atoms with Crippen molar-refractivity contribution in [3.63, 3.8) is 0 Å². The largest absolute Gasteiger partial charge is 0.497 e. The summed E-state index contributed by atoms with van der Waals surface area (Å²) < 4.78 is 27.2. The van der Waals surface area contributed by atoms with E-state index in [0.29, 0.717) is 11.6 Å². The summed E-state index contributed by atoms with van der Waals surface area (Å²) in [6, 6.07) is 24.2. The number of hydrogen-bond donors (Lipinski definition) is 0. The molecule has 1 aromatic heterocycles. The Hall–Kier alpha value is -3.77. The minimum Gasteiger partial charge on any atom is -0.497 e. The second-order valence-electron chi connectivity index (χ2n) is 7.85. The molecule has 1 heterocycles. The normalized spacial score (nSPS) is 14.7. The summed E-state index contributed by atoms with van der Waals surface area (Å²) in [7, 11) is 3.24. The van der Waals surface area contributed by atoms with Crippen LogP contribution in [0.25, 0.3) is 22.5 Å². The third-order valence-corrected chi connectivity index (χ3v) is 5.85. The number of methoxy groups -OCH3 is 2. The molecule has 0 bridgehead atoms. The molecule has 1 aliphatic rings. The van der Waals surface area contributed by atoms with Gasteiger partial charge in [-0.1, -0.05) is 30.3 Å². The molecule has 1 atom stereocenters. The maximum absolute atomic E-state index is 6.37. The summed E-state index contributed by atoms with van der Waals surface area (Å²) >= 11 is 0. The molecule has 168 valence electrons. The first-order valence-corrected chi connectivity index (χ1v) is 10.9. The summed E-state index contributed by atoms with van der Waals surface area (Å²) in [5.74, 6) is 2.70. The van der Waals surface area contributed by atoms with Crippen molar-refractivity contribution in [2.75, 3.05) is 21.0 Å². The van der Waals surface area contributed by atoms with Gasteiger partial charge in [-0.25, -0.2) is 0 Å².